The van der Waals surface area contributed by atoms with Gasteiger partial charge < -0.3 is 5.11 Å². The highest BCUT2D eigenvalue weighted by atomic mass is 19.4. The van der Waals surface area contributed by atoms with E-state index in [1.54, 1.807) is 0 Å². The Morgan fingerprint density at radius 1 is 1.31 bits per heavy atom. The molecule has 0 amide bonds. The topological polar surface area (TPSA) is 37.3 Å². The minimum absolute atomic E-state index is 0.0312. The highest BCUT2D eigenvalue weighted by molar-refractivity contribution is 5.70. The summed E-state index contributed by atoms with van der Waals surface area (Å²) in [6.45, 7) is 0. The molecule has 0 atom stereocenters. The van der Waals surface area contributed by atoms with Crippen molar-refractivity contribution >= 4 is 12.0 Å². The van der Waals surface area contributed by atoms with Gasteiger partial charge in [-0.05, 0) is 11.6 Å². The fourth-order valence-electron chi connectivity index (χ4n) is 1.19. The van der Waals surface area contributed by atoms with Crippen molar-refractivity contribution < 1.29 is 23.1 Å². The molecule has 0 saturated carbocycles. The normalized spacial score (nSPS) is 11.9. The number of alkyl halides is 3. The maximum atomic E-state index is 12.5. The fourth-order valence-corrected chi connectivity index (χ4v) is 1.19. The molecule has 0 heterocycles. The van der Waals surface area contributed by atoms with Crippen LogP contribution in [0.3, 0.4) is 0 Å². The van der Waals surface area contributed by atoms with Crippen LogP contribution in [0.5, 0.6) is 0 Å². The number of carbonyl (C=O) groups is 1. The van der Waals surface area contributed by atoms with Gasteiger partial charge in [-0.2, -0.15) is 13.2 Å². The molecule has 0 radical (unpaired) electrons. The third-order valence-electron chi connectivity index (χ3n) is 1.86. The van der Waals surface area contributed by atoms with Crippen LogP contribution < -0.4 is 0 Å². The number of aliphatic carboxylic acids is 1. The molecule has 16 heavy (non-hydrogen) atoms. The number of hydrogen-bond donors (Lipinski definition) is 1. The summed E-state index contributed by atoms with van der Waals surface area (Å²) in [5, 5.41) is 8.35. The molecular weight excluding hydrogens is 221 g/mol. The molecule has 86 valence electrons. The Labute approximate surface area is 90.0 Å². The van der Waals surface area contributed by atoms with Crippen LogP contribution in [0, 0.1) is 0 Å². The predicted octanol–water partition coefficient (Wildman–Crippen LogP) is 3.19. The van der Waals surface area contributed by atoms with E-state index < -0.39 is 17.7 Å². The first-order chi connectivity index (χ1) is 7.41. The molecule has 5 heteroatoms. The molecule has 2 nitrogen and oxygen atoms in total. The molecule has 0 spiro atoms. The standard InChI is InChI=1S/C11H9F3O2/c12-11(13,14)9-6-2-1-4-8(9)5-3-7-10(15)16/h1-6H,7H2,(H,15,16)/b5-3-. The van der Waals surface area contributed by atoms with Crippen molar-refractivity contribution in [1.82, 2.24) is 0 Å². The van der Waals surface area contributed by atoms with Crippen molar-refractivity contribution in [1.29, 1.82) is 0 Å². The van der Waals surface area contributed by atoms with Crippen LogP contribution in [0.1, 0.15) is 17.5 Å². The highest BCUT2D eigenvalue weighted by Crippen LogP contribution is 2.32. The summed E-state index contributed by atoms with van der Waals surface area (Å²) in [5.74, 6) is -1.08. The molecule has 0 fully saturated rings. The van der Waals surface area contributed by atoms with Crippen molar-refractivity contribution in [2.45, 2.75) is 12.6 Å². The lowest BCUT2D eigenvalue weighted by atomic mass is 10.1. The molecule has 1 N–H and O–H groups in total. The highest BCUT2D eigenvalue weighted by Gasteiger charge is 2.32. The summed E-state index contributed by atoms with van der Waals surface area (Å²) >= 11 is 0. The molecule has 0 aromatic heterocycles. The zero-order valence-corrected chi connectivity index (χ0v) is 8.16. The molecular formula is C11H9F3O2. The van der Waals surface area contributed by atoms with E-state index in [-0.39, 0.29) is 12.0 Å². The van der Waals surface area contributed by atoms with Gasteiger partial charge >= 0.3 is 12.1 Å². The maximum absolute atomic E-state index is 12.5. The Morgan fingerprint density at radius 3 is 2.50 bits per heavy atom. The smallest absolute Gasteiger partial charge is 0.416 e. The zero-order chi connectivity index (χ0) is 12.2. The second-order valence-corrected chi connectivity index (χ2v) is 3.09. The van der Waals surface area contributed by atoms with Gasteiger partial charge in [-0.15, -0.1) is 0 Å². The number of benzene rings is 1. The van der Waals surface area contributed by atoms with Crippen molar-refractivity contribution in [2.24, 2.45) is 0 Å². The number of carboxylic acids is 1. The minimum Gasteiger partial charge on any atom is -0.481 e. The summed E-state index contributed by atoms with van der Waals surface area (Å²) in [5.41, 5.74) is -0.798. The summed E-state index contributed by atoms with van der Waals surface area (Å²) < 4.78 is 37.5. The number of carboxylic acid groups (broad SMARTS) is 1. The van der Waals surface area contributed by atoms with Crippen LogP contribution in [-0.4, -0.2) is 11.1 Å². The lowest BCUT2D eigenvalue weighted by molar-refractivity contribution is -0.138. The van der Waals surface area contributed by atoms with E-state index in [1.165, 1.54) is 24.3 Å². The van der Waals surface area contributed by atoms with E-state index in [0.29, 0.717) is 0 Å². The van der Waals surface area contributed by atoms with Crippen LogP contribution >= 0.6 is 0 Å². The molecule has 0 aliphatic carbocycles. The monoisotopic (exact) mass is 230 g/mol. The van der Waals surface area contributed by atoms with Gasteiger partial charge in [0.1, 0.15) is 0 Å². The van der Waals surface area contributed by atoms with Gasteiger partial charge in [0.05, 0.1) is 12.0 Å². The average molecular weight is 230 g/mol. The summed E-state index contributed by atoms with van der Waals surface area (Å²) in [4.78, 5) is 10.2. The zero-order valence-electron chi connectivity index (χ0n) is 8.16. The van der Waals surface area contributed by atoms with E-state index in [2.05, 4.69) is 0 Å². The van der Waals surface area contributed by atoms with E-state index in [9.17, 15) is 18.0 Å². The Balaban J connectivity index is 2.96. The van der Waals surface area contributed by atoms with Crippen molar-refractivity contribution in [3.63, 3.8) is 0 Å². The Bertz CT molecular complexity index is 408. The molecule has 0 bridgehead atoms. The third kappa shape index (κ3) is 3.42. The van der Waals surface area contributed by atoms with Gasteiger partial charge in [-0.25, -0.2) is 0 Å². The summed E-state index contributed by atoms with van der Waals surface area (Å²) in [7, 11) is 0. The van der Waals surface area contributed by atoms with Crippen LogP contribution in [-0.2, 0) is 11.0 Å². The average Bonchev–Trinajstić information content (AvgIpc) is 2.16. The van der Waals surface area contributed by atoms with E-state index >= 15 is 0 Å². The Hall–Kier alpha value is -1.78. The van der Waals surface area contributed by atoms with Crippen LogP contribution in [0.4, 0.5) is 13.2 Å². The van der Waals surface area contributed by atoms with Gasteiger partial charge in [0.2, 0.25) is 0 Å². The van der Waals surface area contributed by atoms with E-state index in [4.69, 9.17) is 5.11 Å². The Morgan fingerprint density at radius 2 is 1.94 bits per heavy atom. The molecule has 1 aromatic carbocycles. The van der Waals surface area contributed by atoms with Crippen LogP contribution in [0.15, 0.2) is 30.3 Å². The van der Waals surface area contributed by atoms with E-state index in [1.807, 2.05) is 0 Å². The summed E-state index contributed by atoms with van der Waals surface area (Å²) in [6, 6.07) is 5.01. The quantitative estimate of drug-likeness (QED) is 0.865. The second kappa shape index (κ2) is 4.83. The van der Waals surface area contributed by atoms with Gasteiger partial charge in [0, 0.05) is 0 Å². The number of halogens is 3. The van der Waals surface area contributed by atoms with Crippen molar-refractivity contribution in [3.8, 4) is 0 Å². The fraction of sp³-hybridized carbons (Fsp3) is 0.182. The number of rotatable bonds is 3. The van der Waals surface area contributed by atoms with Crippen molar-refractivity contribution in [2.75, 3.05) is 0 Å². The first-order valence-electron chi connectivity index (χ1n) is 4.46. The maximum Gasteiger partial charge on any atom is 0.416 e. The van der Waals surface area contributed by atoms with Crippen LogP contribution in [0.25, 0.3) is 6.08 Å². The van der Waals surface area contributed by atoms with Gasteiger partial charge in [-0.1, -0.05) is 30.4 Å². The SMILES string of the molecule is O=C(O)C/C=C\c1ccccc1C(F)(F)F. The largest absolute Gasteiger partial charge is 0.481 e. The second-order valence-electron chi connectivity index (χ2n) is 3.09. The molecule has 0 aliphatic rings. The van der Waals surface area contributed by atoms with Gasteiger partial charge in [-0.3, -0.25) is 4.79 Å². The molecule has 1 rings (SSSR count). The first kappa shape index (κ1) is 12.3. The van der Waals surface area contributed by atoms with Gasteiger partial charge in [0.25, 0.3) is 0 Å². The lowest BCUT2D eigenvalue weighted by Gasteiger charge is -2.09. The predicted molar refractivity (Wildman–Crippen MR) is 52.7 cm³/mol. The van der Waals surface area contributed by atoms with E-state index in [0.717, 1.165) is 12.1 Å². The molecule has 1 aromatic rings. The molecule has 0 unspecified atom stereocenters. The molecule has 0 aliphatic heterocycles. The minimum atomic E-state index is -4.43. The number of hydrogen-bond acceptors (Lipinski definition) is 1. The van der Waals surface area contributed by atoms with Crippen molar-refractivity contribution in [3.05, 3.63) is 41.5 Å². The van der Waals surface area contributed by atoms with Gasteiger partial charge in [0.15, 0.2) is 0 Å². The lowest BCUT2D eigenvalue weighted by Crippen LogP contribution is -2.06. The summed E-state index contributed by atoms with van der Waals surface area (Å²) in [6.07, 6.45) is -2.37. The third-order valence-corrected chi connectivity index (χ3v) is 1.86. The molecule has 0 saturated heterocycles. The van der Waals surface area contributed by atoms with Crippen LogP contribution in [0.2, 0.25) is 0 Å². The first-order valence-corrected chi connectivity index (χ1v) is 4.46. The Kier molecular flexibility index (Phi) is 3.71.